The minimum absolute atomic E-state index is 0.358. The standard InChI is InChI=1S/C14H17F3N2/c15-12-5-9(6-13(16)14(12)17)7-18-10-3-4-19(8-10)11-1-2-11/h5-6,10-11,18H,1-4,7-8H2/t10-/m0/s1. The van der Waals surface area contributed by atoms with Gasteiger partial charge >= 0.3 is 0 Å². The van der Waals surface area contributed by atoms with Gasteiger partial charge < -0.3 is 5.32 Å². The Morgan fingerprint density at radius 2 is 1.79 bits per heavy atom. The van der Waals surface area contributed by atoms with Gasteiger partial charge in [0.2, 0.25) is 0 Å². The van der Waals surface area contributed by atoms with E-state index < -0.39 is 17.5 Å². The maximum absolute atomic E-state index is 13.1. The zero-order chi connectivity index (χ0) is 13.4. The van der Waals surface area contributed by atoms with E-state index in [0.29, 0.717) is 18.2 Å². The van der Waals surface area contributed by atoms with Gasteiger partial charge in [-0.1, -0.05) is 0 Å². The Morgan fingerprint density at radius 3 is 2.42 bits per heavy atom. The minimum Gasteiger partial charge on any atom is -0.309 e. The summed E-state index contributed by atoms with van der Waals surface area (Å²) in [5.41, 5.74) is 0.446. The van der Waals surface area contributed by atoms with Crippen molar-refractivity contribution in [1.29, 1.82) is 0 Å². The molecule has 1 aromatic rings. The molecule has 0 unspecified atom stereocenters. The molecule has 1 aliphatic carbocycles. The molecule has 0 bridgehead atoms. The fraction of sp³-hybridized carbons (Fsp3) is 0.571. The molecule has 19 heavy (non-hydrogen) atoms. The van der Waals surface area contributed by atoms with Gasteiger partial charge in [-0.2, -0.15) is 0 Å². The van der Waals surface area contributed by atoms with Crippen LogP contribution in [0.4, 0.5) is 13.2 Å². The average molecular weight is 270 g/mol. The van der Waals surface area contributed by atoms with Crippen LogP contribution in [0.3, 0.4) is 0 Å². The van der Waals surface area contributed by atoms with Crippen molar-refractivity contribution in [2.24, 2.45) is 0 Å². The molecule has 2 aliphatic rings. The van der Waals surface area contributed by atoms with E-state index in [1.165, 1.54) is 12.8 Å². The van der Waals surface area contributed by atoms with Gasteiger partial charge in [0.05, 0.1) is 0 Å². The zero-order valence-corrected chi connectivity index (χ0v) is 10.6. The van der Waals surface area contributed by atoms with Gasteiger partial charge in [0, 0.05) is 31.7 Å². The highest BCUT2D eigenvalue weighted by molar-refractivity contribution is 5.19. The number of nitrogens with zero attached hydrogens (tertiary/aromatic N) is 1. The third-order valence-electron chi connectivity index (χ3n) is 3.92. The highest BCUT2D eigenvalue weighted by Gasteiger charge is 2.34. The van der Waals surface area contributed by atoms with Crippen LogP contribution in [0.1, 0.15) is 24.8 Å². The summed E-state index contributed by atoms with van der Waals surface area (Å²) >= 11 is 0. The van der Waals surface area contributed by atoms with E-state index in [-0.39, 0.29) is 0 Å². The molecular formula is C14H17F3N2. The number of hydrogen-bond donors (Lipinski definition) is 1. The van der Waals surface area contributed by atoms with Crippen molar-refractivity contribution in [2.75, 3.05) is 13.1 Å². The molecule has 1 heterocycles. The van der Waals surface area contributed by atoms with Crippen LogP contribution in [0.5, 0.6) is 0 Å². The van der Waals surface area contributed by atoms with Crippen molar-refractivity contribution >= 4 is 0 Å². The summed E-state index contributed by atoms with van der Waals surface area (Å²) in [7, 11) is 0. The minimum atomic E-state index is -1.40. The van der Waals surface area contributed by atoms with Crippen molar-refractivity contribution < 1.29 is 13.2 Å². The molecule has 2 fully saturated rings. The lowest BCUT2D eigenvalue weighted by atomic mass is 10.2. The van der Waals surface area contributed by atoms with E-state index in [1.807, 2.05) is 0 Å². The summed E-state index contributed by atoms with van der Waals surface area (Å²) in [6.45, 7) is 2.46. The molecule has 0 aromatic heterocycles. The van der Waals surface area contributed by atoms with E-state index in [1.54, 1.807) is 0 Å². The predicted octanol–water partition coefficient (Wildman–Crippen LogP) is 2.43. The SMILES string of the molecule is Fc1cc(CN[C@H]2CCN(C3CC3)C2)cc(F)c1F. The summed E-state index contributed by atoms with van der Waals surface area (Å²) in [4.78, 5) is 2.46. The van der Waals surface area contributed by atoms with Crippen LogP contribution < -0.4 is 5.32 Å². The summed E-state index contributed by atoms with van der Waals surface area (Å²) in [5, 5.41) is 3.29. The Kier molecular flexibility index (Phi) is 3.50. The normalized spacial score (nSPS) is 24.1. The molecule has 1 N–H and O–H groups in total. The molecule has 1 aliphatic heterocycles. The number of likely N-dealkylation sites (tertiary alicyclic amines) is 1. The molecule has 2 nitrogen and oxygen atoms in total. The zero-order valence-electron chi connectivity index (χ0n) is 10.6. The van der Waals surface area contributed by atoms with Crippen LogP contribution in [0.2, 0.25) is 0 Å². The predicted molar refractivity (Wildman–Crippen MR) is 66.2 cm³/mol. The molecule has 0 spiro atoms. The van der Waals surface area contributed by atoms with Crippen LogP contribution in [0, 0.1) is 17.5 Å². The van der Waals surface area contributed by atoms with Crippen molar-refractivity contribution in [3.05, 3.63) is 35.1 Å². The Balaban J connectivity index is 1.54. The number of benzene rings is 1. The Morgan fingerprint density at radius 1 is 1.11 bits per heavy atom. The second-order valence-electron chi connectivity index (χ2n) is 5.47. The molecule has 1 saturated heterocycles. The first-order valence-electron chi connectivity index (χ1n) is 6.74. The summed E-state index contributed by atoms with van der Waals surface area (Å²) in [6.07, 6.45) is 3.64. The Hall–Kier alpha value is -1.07. The van der Waals surface area contributed by atoms with Gasteiger partial charge in [-0.3, -0.25) is 4.90 Å². The lowest BCUT2D eigenvalue weighted by molar-refractivity contribution is 0.317. The number of nitrogens with one attached hydrogen (secondary N) is 1. The fourth-order valence-electron chi connectivity index (χ4n) is 2.70. The molecule has 5 heteroatoms. The second kappa shape index (κ2) is 5.13. The van der Waals surface area contributed by atoms with Crippen LogP contribution in [-0.2, 0) is 6.54 Å². The number of halogens is 3. The van der Waals surface area contributed by atoms with E-state index in [2.05, 4.69) is 10.2 Å². The maximum atomic E-state index is 13.1. The fourth-order valence-corrected chi connectivity index (χ4v) is 2.70. The van der Waals surface area contributed by atoms with Crippen LogP contribution in [0.15, 0.2) is 12.1 Å². The van der Waals surface area contributed by atoms with Gasteiger partial charge in [0.1, 0.15) is 0 Å². The number of hydrogen-bond acceptors (Lipinski definition) is 2. The van der Waals surface area contributed by atoms with Crippen molar-refractivity contribution in [3.63, 3.8) is 0 Å². The molecule has 1 atom stereocenters. The summed E-state index contributed by atoms with van der Waals surface area (Å²) < 4.78 is 39.0. The quantitative estimate of drug-likeness (QED) is 0.845. The second-order valence-corrected chi connectivity index (χ2v) is 5.47. The van der Waals surface area contributed by atoms with Gasteiger partial charge in [-0.25, -0.2) is 13.2 Å². The first kappa shape index (κ1) is 12.9. The first-order valence-corrected chi connectivity index (χ1v) is 6.74. The largest absolute Gasteiger partial charge is 0.309 e. The number of rotatable bonds is 4. The topological polar surface area (TPSA) is 15.3 Å². The Labute approximate surface area is 110 Å². The van der Waals surface area contributed by atoms with E-state index in [9.17, 15) is 13.2 Å². The van der Waals surface area contributed by atoms with Crippen LogP contribution in [-0.4, -0.2) is 30.1 Å². The molecule has 1 saturated carbocycles. The van der Waals surface area contributed by atoms with E-state index >= 15 is 0 Å². The lowest BCUT2D eigenvalue weighted by Crippen LogP contribution is -2.32. The molecule has 1 aromatic carbocycles. The monoisotopic (exact) mass is 270 g/mol. The van der Waals surface area contributed by atoms with E-state index in [0.717, 1.165) is 37.7 Å². The lowest BCUT2D eigenvalue weighted by Gasteiger charge is -2.16. The summed E-state index contributed by atoms with van der Waals surface area (Å²) in [6, 6.07) is 3.22. The maximum Gasteiger partial charge on any atom is 0.194 e. The molecule has 0 radical (unpaired) electrons. The van der Waals surface area contributed by atoms with Gasteiger partial charge in [-0.05, 0) is 37.0 Å². The molecule has 3 rings (SSSR count). The summed E-state index contributed by atoms with van der Waals surface area (Å²) in [5.74, 6) is -3.64. The highest BCUT2D eigenvalue weighted by Crippen LogP contribution is 2.29. The first-order chi connectivity index (χ1) is 9.13. The van der Waals surface area contributed by atoms with Gasteiger partial charge in [0.15, 0.2) is 17.5 Å². The van der Waals surface area contributed by atoms with Crippen molar-refractivity contribution in [2.45, 2.75) is 37.9 Å². The van der Waals surface area contributed by atoms with Crippen LogP contribution >= 0.6 is 0 Å². The molecular weight excluding hydrogens is 253 g/mol. The van der Waals surface area contributed by atoms with E-state index in [4.69, 9.17) is 0 Å². The third-order valence-corrected chi connectivity index (χ3v) is 3.92. The van der Waals surface area contributed by atoms with Crippen LogP contribution in [0.25, 0.3) is 0 Å². The van der Waals surface area contributed by atoms with Gasteiger partial charge in [-0.15, -0.1) is 0 Å². The van der Waals surface area contributed by atoms with Crippen molar-refractivity contribution in [1.82, 2.24) is 10.2 Å². The molecule has 104 valence electrons. The molecule has 0 amide bonds. The Bertz CT molecular complexity index is 451. The smallest absolute Gasteiger partial charge is 0.194 e. The highest BCUT2D eigenvalue weighted by atomic mass is 19.2. The third kappa shape index (κ3) is 2.92. The average Bonchev–Trinajstić information content (AvgIpc) is 3.13. The van der Waals surface area contributed by atoms with Crippen molar-refractivity contribution in [3.8, 4) is 0 Å². The van der Waals surface area contributed by atoms with Gasteiger partial charge in [0.25, 0.3) is 0 Å².